The minimum atomic E-state index is 1.06. The third-order valence-corrected chi connectivity index (χ3v) is 2.36. The van der Waals surface area contributed by atoms with E-state index in [1.807, 2.05) is 0 Å². The molecule has 0 bridgehead atoms. The highest BCUT2D eigenvalue weighted by Gasteiger charge is 2.23. The zero-order valence-electron chi connectivity index (χ0n) is 6.42. The fourth-order valence-corrected chi connectivity index (χ4v) is 1.52. The van der Waals surface area contributed by atoms with Crippen LogP contribution in [0.2, 0.25) is 0 Å². The number of rotatable bonds is 2. The van der Waals surface area contributed by atoms with Crippen LogP contribution in [0.25, 0.3) is 0 Å². The molecule has 2 aliphatic rings. The molecule has 0 aromatic carbocycles. The van der Waals surface area contributed by atoms with E-state index < -0.39 is 0 Å². The van der Waals surface area contributed by atoms with Crippen molar-refractivity contribution < 1.29 is 0 Å². The maximum Gasteiger partial charge on any atom is 0.0163 e. The first kappa shape index (κ1) is 6.41. The van der Waals surface area contributed by atoms with Crippen LogP contribution in [0.3, 0.4) is 0 Å². The molecule has 1 aliphatic carbocycles. The molecule has 10 heavy (non-hydrogen) atoms. The molecule has 1 heteroatoms. The summed E-state index contributed by atoms with van der Waals surface area (Å²) in [7, 11) is 0. The van der Waals surface area contributed by atoms with Crippen molar-refractivity contribution in [1.82, 2.24) is 4.90 Å². The van der Waals surface area contributed by atoms with Crippen molar-refractivity contribution >= 4 is 0 Å². The Morgan fingerprint density at radius 1 is 1.30 bits per heavy atom. The van der Waals surface area contributed by atoms with Crippen molar-refractivity contribution in [3.8, 4) is 0 Å². The van der Waals surface area contributed by atoms with E-state index in [0.29, 0.717) is 0 Å². The largest absolute Gasteiger partial charge is 0.299 e. The summed E-state index contributed by atoms with van der Waals surface area (Å²) in [6, 6.07) is 0. The zero-order chi connectivity index (χ0) is 6.81. The Morgan fingerprint density at radius 3 is 2.80 bits per heavy atom. The van der Waals surface area contributed by atoms with E-state index in [1.165, 1.54) is 38.9 Å². The molecule has 0 spiro atoms. The van der Waals surface area contributed by atoms with Gasteiger partial charge in [-0.3, -0.25) is 4.90 Å². The minimum Gasteiger partial charge on any atom is -0.299 e. The van der Waals surface area contributed by atoms with E-state index in [-0.39, 0.29) is 0 Å². The van der Waals surface area contributed by atoms with Crippen molar-refractivity contribution in [2.75, 3.05) is 19.6 Å². The molecule has 1 aliphatic heterocycles. The summed E-state index contributed by atoms with van der Waals surface area (Å²) < 4.78 is 0. The average molecular weight is 137 g/mol. The standard InChI is InChI=1S/C9H15N/c1-2-6-10(7-3-1)8-9-4-5-9/h1-2,9H,3-8H2. The molecule has 0 aromatic rings. The Balaban J connectivity index is 1.75. The van der Waals surface area contributed by atoms with Crippen LogP contribution in [0.5, 0.6) is 0 Å². The van der Waals surface area contributed by atoms with Gasteiger partial charge in [0.15, 0.2) is 0 Å². The number of hydrogen-bond donors (Lipinski definition) is 0. The van der Waals surface area contributed by atoms with Gasteiger partial charge < -0.3 is 0 Å². The summed E-state index contributed by atoms with van der Waals surface area (Å²) in [5.74, 6) is 1.06. The smallest absolute Gasteiger partial charge is 0.0163 e. The molecule has 0 N–H and O–H groups in total. The van der Waals surface area contributed by atoms with Crippen LogP contribution in [-0.2, 0) is 0 Å². The predicted octanol–water partition coefficient (Wildman–Crippen LogP) is 1.66. The molecule has 1 saturated carbocycles. The molecule has 2 rings (SSSR count). The second-order valence-corrected chi connectivity index (χ2v) is 3.46. The molecule has 1 heterocycles. The molecule has 0 unspecified atom stereocenters. The van der Waals surface area contributed by atoms with E-state index in [4.69, 9.17) is 0 Å². The summed E-state index contributed by atoms with van der Waals surface area (Å²) in [5, 5.41) is 0. The number of nitrogens with zero attached hydrogens (tertiary/aromatic N) is 1. The molecular formula is C9H15N. The van der Waals surface area contributed by atoms with Crippen molar-refractivity contribution in [1.29, 1.82) is 0 Å². The summed E-state index contributed by atoms with van der Waals surface area (Å²) in [5.41, 5.74) is 0. The van der Waals surface area contributed by atoms with Crippen molar-refractivity contribution in [3.05, 3.63) is 12.2 Å². The van der Waals surface area contributed by atoms with Gasteiger partial charge in [0.1, 0.15) is 0 Å². The lowest BCUT2D eigenvalue weighted by atomic mass is 10.2. The highest BCUT2D eigenvalue weighted by molar-refractivity contribution is 4.92. The molecule has 0 radical (unpaired) electrons. The first-order valence-corrected chi connectivity index (χ1v) is 4.32. The van der Waals surface area contributed by atoms with Crippen molar-refractivity contribution in [2.45, 2.75) is 19.3 Å². The van der Waals surface area contributed by atoms with E-state index in [1.54, 1.807) is 0 Å². The van der Waals surface area contributed by atoms with Crippen LogP contribution in [0.15, 0.2) is 12.2 Å². The third-order valence-electron chi connectivity index (χ3n) is 2.36. The third kappa shape index (κ3) is 1.60. The van der Waals surface area contributed by atoms with Gasteiger partial charge in [-0.2, -0.15) is 0 Å². The first-order valence-electron chi connectivity index (χ1n) is 4.32. The minimum absolute atomic E-state index is 1.06. The summed E-state index contributed by atoms with van der Waals surface area (Å²) >= 11 is 0. The topological polar surface area (TPSA) is 3.24 Å². The van der Waals surface area contributed by atoms with Crippen LogP contribution in [0.1, 0.15) is 19.3 Å². The first-order chi connectivity index (χ1) is 4.95. The van der Waals surface area contributed by atoms with E-state index in [9.17, 15) is 0 Å². The normalized spacial score (nSPS) is 27.2. The van der Waals surface area contributed by atoms with Gasteiger partial charge in [-0.05, 0) is 25.2 Å². The van der Waals surface area contributed by atoms with Gasteiger partial charge in [0, 0.05) is 19.6 Å². The average Bonchev–Trinajstić information content (AvgIpc) is 2.74. The molecule has 1 nitrogen and oxygen atoms in total. The lowest BCUT2D eigenvalue weighted by Crippen LogP contribution is -2.29. The van der Waals surface area contributed by atoms with Crippen LogP contribution in [0.4, 0.5) is 0 Å². The molecular weight excluding hydrogens is 122 g/mol. The molecule has 1 fully saturated rings. The molecule has 0 saturated heterocycles. The van der Waals surface area contributed by atoms with Crippen molar-refractivity contribution in [3.63, 3.8) is 0 Å². The zero-order valence-corrected chi connectivity index (χ0v) is 6.42. The van der Waals surface area contributed by atoms with Gasteiger partial charge in [0.25, 0.3) is 0 Å². The van der Waals surface area contributed by atoms with Gasteiger partial charge in [0.05, 0.1) is 0 Å². The maximum absolute atomic E-state index is 2.57. The highest BCUT2D eigenvalue weighted by atomic mass is 15.1. The van der Waals surface area contributed by atoms with Gasteiger partial charge in [-0.1, -0.05) is 12.2 Å². The van der Waals surface area contributed by atoms with Crippen LogP contribution in [0, 0.1) is 5.92 Å². The van der Waals surface area contributed by atoms with Gasteiger partial charge >= 0.3 is 0 Å². The predicted molar refractivity (Wildman–Crippen MR) is 42.9 cm³/mol. The number of hydrogen-bond acceptors (Lipinski definition) is 1. The van der Waals surface area contributed by atoms with E-state index in [0.717, 1.165) is 5.92 Å². The lowest BCUT2D eigenvalue weighted by molar-refractivity contribution is 0.287. The quantitative estimate of drug-likeness (QED) is 0.523. The van der Waals surface area contributed by atoms with Gasteiger partial charge in [0.2, 0.25) is 0 Å². The SMILES string of the molecule is C1=CCN(CC2CC2)CC1. The van der Waals surface area contributed by atoms with Gasteiger partial charge in [-0.15, -0.1) is 0 Å². The Hall–Kier alpha value is -0.300. The summed E-state index contributed by atoms with van der Waals surface area (Å²) in [6.45, 7) is 3.87. The Kier molecular flexibility index (Phi) is 1.76. The van der Waals surface area contributed by atoms with E-state index in [2.05, 4.69) is 17.1 Å². The highest BCUT2D eigenvalue weighted by Crippen LogP contribution is 2.29. The Labute approximate surface area is 62.7 Å². The Bertz CT molecular complexity index is 136. The second-order valence-electron chi connectivity index (χ2n) is 3.46. The lowest BCUT2D eigenvalue weighted by Gasteiger charge is -2.22. The molecule has 0 amide bonds. The monoisotopic (exact) mass is 137 g/mol. The second kappa shape index (κ2) is 2.75. The summed E-state index contributed by atoms with van der Waals surface area (Å²) in [6.07, 6.45) is 8.84. The van der Waals surface area contributed by atoms with Crippen LogP contribution in [-0.4, -0.2) is 24.5 Å². The molecule has 0 aromatic heterocycles. The summed E-state index contributed by atoms with van der Waals surface area (Å²) in [4.78, 5) is 2.57. The fourth-order valence-electron chi connectivity index (χ4n) is 1.52. The van der Waals surface area contributed by atoms with Crippen molar-refractivity contribution in [2.24, 2.45) is 5.92 Å². The van der Waals surface area contributed by atoms with Gasteiger partial charge in [-0.25, -0.2) is 0 Å². The molecule has 56 valence electrons. The van der Waals surface area contributed by atoms with Crippen LogP contribution < -0.4 is 0 Å². The van der Waals surface area contributed by atoms with E-state index >= 15 is 0 Å². The molecule has 0 atom stereocenters. The maximum atomic E-state index is 2.57. The fraction of sp³-hybridized carbons (Fsp3) is 0.778. The van der Waals surface area contributed by atoms with Crippen LogP contribution >= 0.6 is 0 Å². The Morgan fingerprint density at radius 2 is 2.20 bits per heavy atom.